The second-order valence-electron chi connectivity index (χ2n) is 6.75. The predicted molar refractivity (Wildman–Crippen MR) is 102 cm³/mol. The molecule has 0 spiro atoms. The van der Waals surface area contributed by atoms with Crippen molar-refractivity contribution in [3.63, 3.8) is 0 Å². The molecular formula is C21H26N2O2. The number of piperazine rings is 1. The summed E-state index contributed by atoms with van der Waals surface area (Å²) < 4.78 is 5.15. The first-order valence-electron chi connectivity index (χ1n) is 8.86. The number of nitrogens with zero attached hydrogens (tertiary/aromatic N) is 2. The number of hydrogen-bond acceptors (Lipinski definition) is 3. The molecule has 3 rings (SSSR count). The van der Waals surface area contributed by atoms with Crippen LogP contribution in [-0.4, -0.2) is 44.1 Å². The first-order valence-corrected chi connectivity index (χ1v) is 8.86. The number of ether oxygens (including phenoxy) is 1. The molecule has 0 radical (unpaired) electrons. The van der Waals surface area contributed by atoms with Gasteiger partial charge >= 0.3 is 0 Å². The zero-order chi connectivity index (χ0) is 17.8. The lowest BCUT2D eigenvalue weighted by Crippen LogP contribution is -2.48. The molecule has 1 amide bonds. The van der Waals surface area contributed by atoms with Crippen LogP contribution < -0.4 is 9.64 Å². The fraction of sp³-hybridized carbons (Fsp3) is 0.381. The van der Waals surface area contributed by atoms with E-state index in [0.717, 1.165) is 37.5 Å². The van der Waals surface area contributed by atoms with Crippen molar-refractivity contribution in [3.05, 3.63) is 59.7 Å². The maximum absolute atomic E-state index is 12.6. The van der Waals surface area contributed by atoms with Crippen LogP contribution in [0.5, 0.6) is 5.75 Å². The van der Waals surface area contributed by atoms with Gasteiger partial charge in [0, 0.05) is 37.4 Å². The summed E-state index contributed by atoms with van der Waals surface area (Å²) in [4.78, 5) is 16.9. The lowest BCUT2D eigenvalue weighted by molar-refractivity contribution is 0.0747. The van der Waals surface area contributed by atoms with Gasteiger partial charge in [0.2, 0.25) is 0 Å². The Hall–Kier alpha value is -2.49. The van der Waals surface area contributed by atoms with Gasteiger partial charge in [-0.3, -0.25) is 4.79 Å². The Bertz CT molecular complexity index is 700. The maximum Gasteiger partial charge on any atom is 0.253 e. The molecule has 1 saturated heterocycles. The van der Waals surface area contributed by atoms with Crippen molar-refractivity contribution >= 4 is 11.6 Å². The second kappa shape index (κ2) is 7.60. The van der Waals surface area contributed by atoms with Gasteiger partial charge in [0.1, 0.15) is 5.75 Å². The van der Waals surface area contributed by atoms with Crippen molar-refractivity contribution in [3.8, 4) is 5.75 Å². The van der Waals surface area contributed by atoms with E-state index in [1.807, 2.05) is 29.2 Å². The predicted octanol–water partition coefficient (Wildman–Crippen LogP) is 3.78. The van der Waals surface area contributed by atoms with Gasteiger partial charge in [-0.2, -0.15) is 0 Å². The van der Waals surface area contributed by atoms with Crippen LogP contribution in [0.3, 0.4) is 0 Å². The number of rotatable bonds is 4. The summed E-state index contributed by atoms with van der Waals surface area (Å²) in [6.07, 6.45) is 0. The highest BCUT2D eigenvalue weighted by atomic mass is 16.5. The molecule has 1 heterocycles. The van der Waals surface area contributed by atoms with Gasteiger partial charge in [0.05, 0.1) is 7.11 Å². The third-order valence-electron chi connectivity index (χ3n) is 4.83. The third-order valence-corrected chi connectivity index (χ3v) is 4.83. The molecule has 0 saturated carbocycles. The van der Waals surface area contributed by atoms with E-state index < -0.39 is 0 Å². The highest BCUT2D eigenvalue weighted by molar-refractivity contribution is 5.94. The summed E-state index contributed by atoms with van der Waals surface area (Å²) in [5.74, 6) is 1.41. The van der Waals surface area contributed by atoms with E-state index in [0.29, 0.717) is 5.92 Å². The minimum absolute atomic E-state index is 0.0949. The molecule has 1 aliphatic rings. The normalized spacial score (nSPS) is 14.7. The third kappa shape index (κ3) is 3.95. The van der Waals surface area contributed by atoms with Crippen LogP contribution in [0.25, 0.3) is 0 Å². The molecule has 25 heavy (non-hydrogen) atoms. The highest BCUT2D eigenvalue weighted by Gasteiger charge is 2.22. The minimum atomic E-state index is 0.0949. The summed E-state index contributed by atoms with van der Waals surface area (Å²) >= 11 is 0. The van der Waals surface area contributed by atoms with Crippen molar-refractivity contribution in [2.24, 2.45) is 0 Å². The molecule has 2 aromatic rings. The Labute approximate surface area is 150 Å². The van der Waals surface area contributed by atoms with Gasteiger partial charge in [0.15, 0.2) is 0 Å². The van der Waals surface area contributed by atoms with E-state index in [4.69, 9.17) is 4.74 Å². The fourth-order valence-corrected chi connectivity index (χ4v) is 3.15. The average Bonchev–Trinajstić information content (AvgIpc) is 2.67. The topological polar surface area (TPSA) is 32.8 Å². The molecule has 4 nitrogen and oxygen atoms in total. The van der Waals surface area contributed by atoms with E-state index in [1.165, 1.54) is 11.3 Å². The lowest BCUT2D eigenvalue weighted by atomic mass is 10.0. The second-order valence-corrected chi connectivity index (χ2v) is 6.75. The van der Waals surface area contributed by atoms with Crippen LogP contribution in [-0.2, 0) is 0 Å². The van der Waals surface area contributed by atoms with Crippen LogP contribution in [0.1, 0.15) is 35.7 Å². The molecule has 0 atom stereocenters. The molecule has 0 unspecified atom stereocenters. The summed E-state index contributed by atoms with van der Waals surface area (Å²) in [5, 5.41) is 0. The number of benzene rings is 2. The zero-order valence-electron chi connectivity index (χ0n) is 15.2. The van der Waals surface area contributed by atoms with E-state index in [1.54, 1.807) is 7.11 Å². The number of carbonyl (C=O) groups excluding carboxylic acids is 1. The Balaban J connectivity index is 1.60. The molecule has 0 aromatic heterocycles. The molecule has 132 valence electrons. The zero-order valence-corrected chi connectivity index (χ0v) is 15.2. The number of amides is 1. The van der Waals surface area contributed by atoms with E-state index in [2.05, 4.69) is 43.0 Å². The number of methoxy groups -OCH3 is 1. The Kier molecular flexibility index (Phi) is 5.27. The Morgan fingerprint density at radius 2 is 1.52 bits per heavy atom. The molecule has 0 N–H and O–H groups in total. The van der Waals surface area contributed by atoms with Crippen LogP contribution in [0, 0.1) is 0 Å². The standard InChI is InChI=1S/C21H26N2O2/c1-16(2)17-4-8-19(9-5-17)22-12-14-23(15-13-22)21(24)18-6-10-20(25-3)11-7-18/h4-11,16H,12-15H2,1-3H3. The first-order chi connectivity index (χ1) is 12.1. The number of anilines is 1. The quantitative estimate of drug-likeness (QED) is 0.850. The van der Waals surface area contributed by atoms with Crippen LogP contribution in [0.15, 0.2) is 48.5 Å². The molecule has 1 aliphatic heterocycles. The van der Waals surface area contributed by atoms with Gasteiger partial charge in [-0.25, -0.2) is 0 Å². The van der Waals surface area contributed by atoms with Crippen LogP contribution in [0.2, 0.25) is 0 Å². The van der Waals surface area contributed by atoms with Crippen LogP contribution in [0.4, 0.5) is 5.69 Å². The van der Waals surface area contributed by atoms with Crippen molar-refractivity contribution in [1.82, 2.24) is 4.90 Å². The van der Waals surface area contributed by atoms with Gasteiger partial charge in [0.25, 0.3) is 5.91 Å². The molecule has 0 bridgehead atoms. The maximum atomic E-state index is 12.6. The van der Waals surface area contributed by atoms with Crippen molar-refractivity contribution in [2.45, 2.75) is 19.8 Å². The molecule has 4 heteroatoms. The Morgan fingerprint density at radius 3 is 2.04 bits per heavy atom. The van der Waals surface area contributed by atoms with Gasteiger partial charge < -0.3 is 14.5 Å². The summed E-state index contributed by atoms with van der Waals surface area (Å²) in [6, 6.07) is 16.1. The van der Waals surface area contributed by atoms with Crippen molar-refractivity contribution in [2.75, 3.05) is 38.2 Å². The monoisotopic (exact) mass is 338 g/mol. The SMILES string of the molecule is COc1ccc(C(=O)N2CCN(c3ccc(C(C)C)cc3)CC2)cc1. The molecule has 2 aromatic carbocycles. The smallest absolute Gasteiger partial charge is 0.253 e. The first kappa shape index (κ1) is 17.3. The summed E-state index contributed by atoms with van der Waals surface area (Å²) in [5.41, 5.74) is 3.31. The number of hydrogen-bond donors (Lipinski definition) is 0. The fourth-order valence-electron chi connectivity index (χ4n) is 3.15. The summed E-state index contributed by atoms with van der Waals surface area (Å²) in [6.45, 7) is 7.64. The molecule has 0 aliphatic carbocycles. The lowest BCUT2D eigenvalue weighted by Gasteiger charge is -2.36. The Morgan fingerprint density at radius 1 is 0.920 bits per heavy atom. The van der Waals surface area contributed by atoms with E-state index in [-0.39, 0.29) is 5.91 Å². The highest BCUT2D eigenvalue weighted by Crippen LogP contribution is 2.22. The van der Waals surface area contributed by atoms with E-state index >= 15 is 0 Å². The largest absolute Gasteiger partial charge is 0.497 e. The van der Waals surface area contributed by atoms with Gasteiger partial charge in [-0.05, 0) is 47.9 Å². The van der Waals surface area contributed by atoms with Gasteiger partial charge in [-0.1, -0.05) is 26.0 Å². The minimum Gasteiger partial charge on any atom is -0.497 e. The van der Waals surface area contributed by atoms with Gasteiger partial charge in [-0.15, -0.1) is 0 Å². The van der Waals surface area contributed by atoms with Crippen LogP contribution >= 0.6 is 0 Å². The summed E-state index contributed by atoms with van der Waals surface area (Å²) in [7, 11) is 1.63. The molecule has 1 fully saturated rings. The number of carbonyl (C=O) groups is 1. The van der Waals surface area contributed by atoms with E-state index in [9.17, 15) is 4.79 Å². The molecular weight excluding hydrogens is 312 g/mol. The van der Waals surface area contributed by atoms with Crippen molar-refractivity contribution in [1.29, 1.82) is 0 Å². The van der Waals surface area contributed by atoms with Crippen molar-refractivity contribution < 1.29 is 9.53 Å². The average molecular weight is 338 g/mol.